The number of carbonyl (C=O) groups excluding carboxylic acids is 2. The zero-order valence-corrected chi connectivity index (χ0v) is 24.7. The van der Waals surface area contributed by atoms with E-state index in [1.165, 1.54) is 11.8 Å². The van der Waals surface area contributed by atoms with Crippen molar-refractivity contribution in [3.05, 3.63) is 104 Å². The first kappa shape index (κ1) is 29.6. The third kappa shape index (κ3) is 9.68. The molecule has 0 aromatic heterocycles. The molecule has 0 heterocycles. The van der Waals surface area contributed by atoms with E-state index in [2.05, 4.69) is 28.2 Å². The zero-order valence-electron chi connectivity index (χ0n) is 20.8. The lowest BCUT2D eigenvalue weighted by molar-refractivity contribution is -0.139. The van der Waals surface area contributed by atoms with Crippen molar-refractivity contribution in [2.24, 2.45) is 0 Å². The molecule has 0 spiro atoms. The van der Waals surface area contributed by atoms with Crippen molar-refractivity contribution < 1.29 is 9.59 Å². The van der Waals surface area contributed by atoms with Crippen LogP contribution >= 0.6 is 50.9 Å². The van der Waals surface area contributed by atoms with Gasteiger partial charge in [-0.15, -0.1) is 11.8 Å². The highest BCUT2D eigenvalue weighted by molar-refractivity contribution is 9.10. The second kappa shape index (κ2) is 15.4. The summed E-state index contributed by atoms with van der Waals surface area (Å²) in [5, 5.41) is 4.05. The molecule has 0 aliphatic rings. The van der Waals surface area contributed by atoms with E-state index in [1.54, 1.807) is 11.0 Å². The molecule has 1 N–H and O–H groups in total. The number of rotatable bonds is 13. The van der Waals surface area contributed by atoms with Gasteiger partial charge in [0, 0.05) is 29.7 Å². The Bertz CT molecular complexity index is 1160. The van der Waals surface area contributed by atoms with Gasteiger partial charge >= 0.3 is 0 Å². The summed E-state index contributed by atoms with van der Waals surface area (Å²) in [6.45, 7) is 3.02. The second-order valence-electron chi connectivity index (χ2n) is 8.74. The number of unbranched alkanes of at least 4 members (excludes halogenated alkanes) is 1. The lowest BCUT2D eigenvalue weighted by Crippen LogP contribution is -2.51. The van der Waals surface area contributed by atoms with Gasteiger partial charge < -0.3 is 10.2 Å². The fraction of sp³-hybridized carbons (Fsp3) is 0.310. The molecule has 0 radical (unpaired) electrons. The molecular formula is C29H31BrCl2N2O2S. The summed E-state index contributed by atoms with van der Waals surface area (Å²) in [4.78, 5) is 28.8. The average Bonchev–Trinajstić information content (AvgIpc) is 2.90. The molecule has 2 amide bonds. The van der Waals surface area contributed by atoms with Crippen LogP contribution in [0.2, 0.25) is 10.0 Å². The van der Waals surface area contributed by atoms with Gasteiger partial charge in [-0.05, 0) is 47.4 Å². The zero-order chi connectivity index (χ0) is 26.6. The summed E-state index contributed by atoms with van der Waals surface area (Å²) in [5.74, 6) is 0.641. The molecule has 0 unspecified atom stereocenters. The lowest BCUT2D eigenvalue weighted by Gasteiger charge is -2.31. The van der Waals surface area contributed by atoms with Gasteiger partial charge in [-0.1, -0.05) is 101 Å². The van der Waals surface area contributed by atoms with Crippen molar-refractivity contribution in [3.8, 4) is 0 Å². The van der Waals surface area contributed by atoms with E-state index < -0.39 is 6.04 Å². The number of halogens is 3. The van der Waals surface area contributed by atoms with Crippen LogP contribution in [0, 0.1) is 0 Å². The van der Waals surface area contributed by atoms with Gasteiger partial charge in [0.05, 0.1) is 15.8 Å². The largest absolute Gasteiger partial charge is 0.354 e. The maximum absolute atomic E-state index is 13.7. The van der Waals surface area contributed by atoms with Gasteiger partial charge in [-0.3, -0.25) is 9.59 Å². The number of hydrogen-bond acceptors (Lipinski definition) is 3. The fourth-order valence-electron chi connectivity index (χ4n) is 3.82. The topological polar surface area (TPSA) is 49.4 Å². The number of nitrogens with zero attached hydrogens (tertiary/aromatic N) is 1. The highest BCUT2D eigenvalue weighted by Gasteiger charge is 2.30. The number of thioether (sulfide) groups is 1. The molecular weight excluding hydrogens is 591 g/mol. The van der Waals surface area contributed by atoms with E-state index in [9.17, 15) is 9.59 Å². The van der Waals surface area contributed by atoms with Crippen molar-refractivity contribution in [2.45, 2.75) is 44.5 Å². The van der Waals surface area contributed by atoms with Crippen LogP contribution in [-0.4, -0.2) is 35.1 Å². The predicted octanol–water partition coefficient (Wildman–Crippen LogP) is 7.55. The van der Waals surface area contributed by atoms with E-state index >= 15 is 0 Å². The Kier molecular flexibility index (Phi) is 12.3. The number of amides is 2. The van der Waals surface area contributed by atoms with Crippen molar-refractivity contribution in [2.75, 3.05) is 12.3 Å². The third-order valence-corrected chi connectivity index (χ3v) is 8.10. The molecule has 0 fully saturated rings. The minimum Gasteiger partial charge on any atom is -0.354 e. The molecule has 3 aromatic carbocycles. The summed E-state index contributed by atoms with van der Waals surface area (Å²) in [6.07, 6.45) is 2.32. The van der Waals surface area contributed by atoms with E-state index in [0.717, 1.165) is 34.0 Å². The molecule has 0 saturated heterocycles. The van der Waals surface area contributed by atoms with Gasteiger partial charge in [-0.25, -0.2) is 0 Å². The maximum atomic E-state index is 13.7. The highest BCUT2D eigenvalue weighted by atomic mass is 79.9. The first-order valence-corrected chi connectivity index (χ1v) is 14.9. The Labute approximate surface area is 242 Å². The van der Waals surface area contributed by atoms with E-state index in [1.807, 2.05) is 66.7 Å². The van der Waals surface area contributed by atoms with Gasteiger partial charge in [0.15, 0.2) is 0 Å². The summed E-state index contributed by atoms with van der Waals surface area (Å²) < 4.78 is 0.962. The van der Waals surface area contributed by atoms with E-state index in [-0.39, 0.29) is 17.6 Å². The predicted molar refractivity (Wildman–Crippen MR) is 159 cm³/mol. The van der Waals surface area contributed by atoms with Crippen LogP contribution in [0.3, 0.4) is 0 Å². The average molecular weight is 622 g/mol. The van der Waals surface area contributed by atoms with Crippen LogP contribution in [0.25, 0.3) is 0 Å². The Morgan fingerprint density at radius 1 is 0.946 bits per heavy atom. The minimum absolute atomic E-state index is 0.0837. The van der Waals surface area contributed by atoms with Crippen molar-refractivity contribution >= 4 is 62.7 Å². The summed E-state index contributed by atoms with van der Waals surface area (Å²) >= 11 is 17.1. The number of benzene rings is 3. The molecule has 0 saturated carbocycles. The molecule has 37 heavy (non-hydrogen) atoms. The highest BCUT2D eigenvalue weighted by Crippen LogP contribution is 2.25. The van der Waals surface area contributed by atoms with Crippen molar-refractivity contribution in [1.82, 2.24) is 10.2 Å². The molecule has 196 valence electrons. The molecule has 4 nitrogen and oxygen atoms in total. The van der Waals surface area contributed by atoms with Gasteiger partial charge in [0.1, 0.15) is 6.04 Å². The van der Waals surface area contributed by atoms with Crippen LogP contribution in [-0.2, 0) is 28.3 Å². The Hall–Kier alpha value is -1.99. The smallest absolute Gasteiger partial charge is 0.243 e. The number of hydrogen-bond donors (Lipinski definition) is 1. The standard InChI is InChI=1S/C29H31BrCl2N2O2S/c1-2-3-15-33-29(36)27(17-21-7-5-4-6-8-21)34(18-22-9-12-24(30)13-10-22)28(35)20-37-19-23-11-14-25(31)26(32)16-23/h4-14,16,27H,2-3,15,17-20H2,1H3,(H,33,36)/t27-/m0/s1. The Balaban J connectivity index is 1.82. The molecule has 0 bridgehead atoms. The quantitative estimate of drug-likeness (QED) is 0.201. The van der Waals surface area contributed by atoms with Crippen molar-refractivity contribution in [1.29, 1.82) is 0 Å². The normalized spacial score (nSPS) is 11.7. The molecule has 8 heteroatoms. The van der Waals surface area contributed by atoms with Crippen LogP contribution in [0.5, 0.6) is 0 Å². The fourth-order valence-corrected chi connectivity index (χ4v) is 5.26. The van der Waals surface area contributed by atoms with Crippen LogP contribution < -0.4 is 5.32 Å². The number of carbonyl (C=O) groups is 2. The van der Waals surface area contributed by atoms with Crippen molar-refractivity contribution in [3.63, 3.8) is 0 Å². The van der Waals surface area contributed by atoms with Gasteiger partial charge in [0.2, 0.25) is 11.8 Å². The molecule has 0 aliphatic carbocycles. The first-order valence-electron chi connectivity index (χ1n) is 12.2. The van der Waals surface area contributed by atoms with Crippen LogP contribution in [0.15, 0.2) is 77.3 Å². The molecule has 1 atom stereocenters. The second-order valence-corrected chi connectivity index (χ2v) is 11.5. The van der Waals surface area contributed by atoms with E-state index in [4.69, 9.17) is 23.2 Å². The van der Waals surface area contributed by atoms with E-state index in [0.29, 0.717) is 35.3 Å². The monoisotopic (exact) mass is 620 g/mol. The first-order chi connectivity index (χ1) is 17.9. The van der Waals surface area contributed by atoms with Crippen LogP contribution in [0.4, 0.5) is 0 Å². The SMILES string of the molecule is CCCCNC(=O)[C@H](Cc1ccccc1)N(Cc1ccc(Br)cc1)C(=O)CSCc1ccc(Cl)c(Cl)c1. The molecule has 3 rings (SSSR count). The molecule has 3 aromatic rings. The van der Waals surface area contributed by atoms with Gasteiger partial charge in [0.25, 0.3) is 0 Å². The maximum Gasteiger partial charge on any atom is 0.243 e. The Morgan fingerprint density at radius 2 is 1.65 bits per heavy atom. The third-order valence-electron chi connectivity index (χ3n) is 5.85. The minimum atomic E-state index is -0.624. The number of nitrogens with one attached hydrogen (secondary N) is 1. The summed E-state index contributed by atoms with van der Waals surface area (Å²) in [7, 11) is 0. The summed E-state index contributed by atoms with van der Waals surface area (Å²) in [6, 6.07) is 22.6. The van der Waals surface area contributed by atoms with Gasteiger partial charge in [-0.2, -0.15) is 0 Å². The lowest BCUT2D eigenvalue weighted by atomic mass is 10.0. The summed E-state index contributed by atoms with van der Waals surface area (Å²) in [5.41, 5.74) is 2.96. The molecule has 0 aliphatic heterocycles. The van der Waals surface area contributed by atoms with Crippen LogP contribution in [0.1, 0.15) is 36.5 Å². The Morgan fingerprint density at radius 3 is 2.32 bits per heavy atom.